The number of carbonyl (C=O) groups is 1. The molecule has 15 heavy (non-hydrogen) atoms. The van der Waals surface area contributed by atoms with E-state index in [0.29, 0.717) is 19.6 Å². The van der Waals surface area contributed by atoms with Gasteiger partial charge < -0.3 is 15.2 Å². The van der Waals surface area contributed by atoms with Gasteiger partial charge in [-0.2, -0.15) is 0 Å². The Kier molecular flexibility index (Phi) is 4.54. The first-order valence-corrected chi connectivity index (χ1v) is 5.54. The minimum Gasteiger partial charge on any atom is -0.388 e. The molecule has 1 saturated carbocycles. The van der Waals surface area contributed by atoms with Crippen molar-refractivity contribution in [2.24, 2.45) is 5.92 Å². The van der Waals surface area contributed by atoms with Gasteiger partial charge in [0.05, 0.1) is 5.60 Å². The van der Waals surface area contributed by atoms with Crippen LogP contribution in [0.25, 0.3) is 0 Å². The zero-order chi connectivity index (χ0) is 11.3. The normalized spacial score (nSPS) is 20.5. The molecule has 1 atom stereocenters. The van der Waals surface area contributed by atoms with Crippen molar-refractivity contribution in [1.82, 2.24) is 5.32 Å². The Labute approximate surface area is 91.0 Å². The molecule has 0 aliphatic heterocycles. The van der Waals surface area contributed by atoms with Crippen molar-refractivity contribution in [2.75, 3.05) is 20.3 Å². The minimum absolute atomic E-state index is 0.000116. The van der Waals surface area contributed by atoms with Gasteiger partial charge in [-0.25, -0.2) is 0 Å². The summed E-state index contributed by atoms with van der Waals surface area (Å²) < 4.78 is 4.95. The third kappa shape index (κ3) is 4.18. The maximum atomic E-state index is 11.4. The van der Waals surface area contributed by atoms with Gasteiger partial charge in [-0.05, 0) is 25.2 Å². The van der Waals surface area contributed by atoms with Gasteiger partial charge in [0.15, 0.2) is 0 Å². The quantitative estimate of drug-likeness (QED) is 0.685. The molecule has 0 aromatic heterocycles. The van der Waals surface area contributed by atoms with E-state index in [2.05, 4.69) is 5.32 Å². The van der Waals surface area contributed by atoms with E-state index in [9.17, 15) is 9.90 Å². The lowest BCUT2D eigenvalue weighted by Crippen LogP contribution is -2.48. The molecule has 0 spiro atoms. The summed E-state index contributed by atoms with van der Waals surface area (Å²) in [6.07, 6.45) is 3.14. The summed E-state index contributed by atoms with van der Waals surface area (Å²) >= 11 is 0. The standard InChI is InChI=1S/C11H21NO3/c1-9(7-15-2)6-10(13)12-8-11(14)4-3-5-11/h9,14H,3-8H2,1-2H3,(H,12,13). The molecule has 4 nitrogen and oxygen atoms in total. The molecule has 0 radical (unpaired) electrons. The fourth-order valence-electron chi connectivity index (χ4n) is 1.76. The van der Waals surface area contributed by atoms with E-state index in [1.165, 1.54) is 0 Å². The molecule has 0 saturated heterocycles. The zero-order valence-corrected chi connectivity index (χ0v) is 9.58. The second-order valence-electron chi connectivity index (χ2n) is 4.62. The first-order chi connectivity index (χ1) is 7.06. The van der Waals surface area contributed by atoms with E-state index in [1.807, 2.05) is 6.92 Å². The minimum atomic E-state index is -0.625. The van der Waals surface area contributed by atoms with Crippen LogP contribution in [-0.4, -0.2) is 36.9 Å². The smallest absolute Gasteiger partial charge is 0.220 e. The Hall–Kier alpha value is -0.610. The summed E-state index contributed by atoms with van der Waals surface area (Å²) in [6, 6.07) is 0. The van der Waals surface area contributed by atoms with Crippen LogP contribution in [0.3, 0.4) is 0 Å². The lowest BCUT2D eigenvalue weighted by molar-refractivity contribution is -0.124. The van der Waals surface area contributed by atoms with Crippen molar-refractivity contribution in [1.29, 1.82) is 0 Å². The van der Waals surface area contributed by atoms with Crippen LogP contribution in [-0.2, 0) is 9.53 Å². The van der Waals surface area contributed by atoms with Gasteiger partial charge >= 0.3 is 0 Å². The number of amides is 1. The van der Waals surface area contributed by atoms with E-state index in [1.54, 1.807) is 7.11 Å². The first-order valence-electron chi connectivity index (χ1n) is 5.54. The van der Waals surface area contributed by atoms with Crippen LogP contribution in [0.4, 0.5) is 0 Å². The number of hydrogen-bond acceptors (Lipinski definition) is 3. The molecule has 1 fully saturated rings. The summed E-state index contributed by atoms with van der Waals surface area (Å²) in [5.41, 5.74) is -0.625. The topological polar surface area (TPSA) is 58.6 Å². The van der Waals surface area contributed by atoms with Gasteiger partial charge in [-0.3, -0.25) is 4.79 Å². The number of nitrogens with one attached hydrogen (secondary N) is 1. The molecular weight excluding hydrogens is 194 g/mol. The van der Waals surface area contributed by atoms with E-state index in [-0.39, 0.29) is 11.8 Å². The highest BCUT2D eigenvalue weighted by molar-refractivity contribution is 5.76. The molecule has 88 valence electrons. The van der Waals surface area contributed by atoms with Crippen LogP contribution in [0, 0.1) is 5.92 Å². The van der Waals surface area contributed by atoms with Gasteiger partial charge in [-0.15, -0.1) is 0 Å². The average molecular weight is 215 g/mol. The molecule has 0 aromatic rings. The van der Waals surface area contributed by atoms with E-state index >= 15 is 0 Å². The molecule has 1 unspecified atom stereocenters. The molecular formula is C11H21NO3. The van der Waals surface area contributed by atoms with Gasteiger partial charge in [0, 0.05) is 26.7 Å². The summed E-state index contributed by atoms with van der Waals surface area (Å²) in [5, 5.41) is 12.5. The average Bonchev–Trinajstić information content (AvgIpc) is 2.12. The molecule has 4 heteroatoms. The second kappa shape index (κ2) is 5.47. The molecule has 1 aliphatic rings. The summed E-state index contributed by atoms with van der Waals surface area (Å²) in [6.45, 7) is 2.96. The molecule has 0 aromatic carbocycles. The molecule has 0 heterocycles. The monoisotopic (exact) mass is 215 g/mol. The van der Waals surface area contributed by atoms with Crippen LogP contribution in [0.1, 0.15) is 32.6 Å². The molecule has 1 amide bonds. The maximum absolute atomic E-state index is 11.4. The molecule has 2 N–H and O–H groups in total. The number of rotatable bonds is 6. The Bertz CT molecular complexity index is 214. The van der Waals surface area contributed by atoms with E-state index in [4.69, 9.17) is 4.74 Å². The van der Waals surface area contributed by atoms with Crippen molar-refractivity contribution in [2.45, 2.75) is 38.2 Å². The van der Waals surface area contributed by atoms with Crippen molar-refractivity contribution >= 4 is 5.91 Å². The Balaban J connectivity index is 2.13. The summed E-state index contributed by atoms with van der Waals surface area (Å²) in [5.74, 6) is 0.228. The van der Waals surface area contributed by atoms with E-state index < -0.39 is 5.60 Å². The van der Waals surface area contributed by atoms with E-state index in [0.717, 1.165) is 19.3 Å². The van der Waals surface area contributed by atoms with Crippen LogP contribution in [0.15, 0.2) is 0 Å². The first kappa shape index (κ1) is 12.5. The van der Waals surface area contributed by atoms with Gasteiger partial charge in [0.25, 0.3) is 0 Å². The van der Waals surface area contributed by atoms with Gasteiger partial charge in [0.2, 0.25) is 5.91 Å². The van der Waals surface area contributed by atoms with Gasteiger partial charge in [0.1, 0.15) is 0 Å². The third-order valence-corrected chi connectivity index (χ3v) is 2.88. The number of methoxy groups -OCH3 is 1. The van der Waals surface area contributed by atoms with Crippen LogP contribution >= 0.6 is 0 Å². The van der Waals surface area contributed by atoms with Crippen molar-refractivity contribution in [3.63, 3.8) is 0 Å². The molecule has 1 aliphatic carbocycles. The molecule has 1 rings (SSSR count). The molecule has 0 bridgehead atoms. The number of ether oxygens (including phenoxy) is 1. The maximum Gasteiger partial charge on any atom is 0.220 e. The summed E-state index contributed by atoms with van der Waals surface area (Å²) in [7, 11) is 1.63. The second-order valence-corrected chi connectivity index (χ2v) is 4.62. The van der Waals surface area contributed by atoms with Crippen molar-refractivity contribution in [3.8, 4) is 0 Å². The van der Waals surface area contributed by atoms with Crippen molar-refractivity contribution < 1.29 is 14.6 Å². The fourth-order valence-corrected chi connectivity index (χ4v) is 1.76. The number of hydrogen-bond donors (Lipinski definition) is 2. The summed E-state index contributed by atoms with van der Waals surface area (Å²) in [4.78, 5) is 11.4. The Morgan fingerprint density at radius 2 is 2.27 bits per heavy atom. The zero-order valence-electron chi connectivity index (χ0n) is 9.58. The largest absolute Gasteiger partial charge is 0.388 e. The lowest BCUT2D eigenvalue weighted by Gasteiger charge is -2.36. The fraction of sp³-hybridized carbons (Fsp3) is 0.909. The SMILES string of the molecule is COCC(C)CC(=O)NCC1(O)CCC1. The predicted octanol–water partition coefficient (Wildman–Crippen LogP) is 0.690. The number of carbonyl (C=O) groups excluding carboxylic acids is 1. The Morgan fingerprint density at radius 3 is 2.73 bits per heavy atom. The van der Waals surface area contributed by atoms with Crippen LogP contribution in [0.2, 0.25) is 0 Å². The van der Waals surface area contributed by atoms with Crippen LogP contribution in [0.5, 0.6) is 0 Å². The predicted molar refractivity (Wildman–Crippen MR) is 57.5 cm³/mol. The highest BCUT2D eigenvalue weighted by Crippen LogP contribution is 2.30. The van der Waals surface area contributed by atoms with Gasteiger partial charge in [-0.1, -0.05) is 6.92 Å². The third-order valence-electron chi connectivity index (χ3n) is 2.88. The van der Waals surface area contributed by atoms with Crippen LogP contribution < -0.4 is 5.32 Å². The highest BCUT2D eigenvalue weighted by atomic mass is 16.5. The highest BCUT2D eigenvalue weighted by Gasteiger charge is 2.34. The lowest BCUT2D eigenvalue weighted by atomic mass is 9.80. The van der Waals surface area contributed by atoms with Crippen molar-refractivity contribution in [3.05, 3.63) is 0 Å². The number of aliphatic hydroxyl groups is 1. The Morgan fingerprint density at radius 1 is 1.60 bits per heavy atom.